The minimum atomic E-state index is -0.451. The fraction of sp³-hybridized carbons (Fsp3) is 0.0169. The second-order valence-electron chi connectivity index (χ2n) is 32.0. The Morgan fingerprint density at radius 2 is 0.443 bits per heavy atom. The molecule has 0 bridgehead atoms. The third-order valence-corrected chi connectivity index (χ3v) is 28.0. The highest BCUT2D eigenvalue weighted by Gasteiger charge is 2.47. The van der Waals surface area contributed by atoms with E-state index in [9.17, 15) is 0 Å². The van der Waals surface area contributed by atoms with Gasteiger partial charge in [0.2, 0.25) is 0 Å². The Labute approximate surface area is 718 Å². The van der Waals surface area contributed by atoms with Gasteiger partial charge in [0.05, 0.1) is 10.8 Å². The maximum atomic E-state index is 2.40. The number of hydrogen-bond acceptors (Lipinski definition) is 4. The van der Waals surface area contributed by atoms with Crippen molar-refractivity contribution in [2.24, 2.45) is 0 Å². The smallest absolute Gasteiger partial charge is 0.0713 e. The first-order valence-electron chi connectivity index (χ1n) is 42.0. The molecule has 0 saturated carbocycles. The molecule has 2 heterocycles. The molecular formula is C118H78N2S2. The number of hydrogen-bond donors (Lipinski definition) is 0. The molecule has 0 N–H and O–H groups in total. The summed E-state index contributed by atoms with van der Waals surface area (Å²) in [6.45, 7) is 0. The van der Waals surface area contributed by atoms with Crippen LogP contribution in [0, 0.1) is 0 Å². The minimum absolute atomic E-state index is 0.450. The van der Waals surface area contributed by atoms with Gasteiger partial charge in [-0.2, -0.15) is 0 Å². The lowest BCUT2D eigenvalue weighted by Crippen LogP contribution is -2.28. The molecule has 0 aliphatic heterocycles. The summed E-state index contributed by atoms with van der Waals surface area (Å²) in [6, 6.07) is 174. The van der Waals surface area contributed by atoms with Gasteiger partial charge in [0.1, 0.15) is 0 Å². The second kappa shape index (κ2) is 30.1. The van der Waals surface area contributed by atoms with Gasteiger partial charge in [0, 0.05) is 74.5 Å². The Bertz CT molecular complexity index is 7620. The van der Waals surface area contributed by atoms with Gasteiger partial charge in [-0.15, -0.1) is 22.7 Å². The summed E-state index contributed by atoms with van der Waals surface area (Å²) < 4.78 is 5.30. The van der Waals surface area contributed by atoms with Crippen molar-refractivity contribution in [1.82, 2.24) is 0 Å². The van der Waals surface area contributed by atoms with Crippen LogP contribution in [0.25, 0.3) is 129 Å². The Morgan fingerprint density at radius 3 is 0.869 bits per heavy atom. The summed E-state index contributed by atoms with van der Waals surface area (Å²) in [4.78, 5) is 4.79. The fourth-order valence-electron chi connectivity index (χ4n) is 20.0. The highest BCUT2D eigenvalue weighted by Crippen LogP contribution is 2.59. The van der Waals surface area contributed by atoms with E-state index in [4.69, 9.17) is 0 Å². The number of nitrogens with zero attached hydrogens (tertiary/aromatic N) is 2. The Hall–Kier alpha value is -15.0. The van der Waals surface area contributed by atoms with Gasteiger partial charge in [-0.05, 0) is 224 Å². The zero-order valence-electron chi connectivity index (χ0n) is 66.7. The van der Waals surface area contributed by atoms with E-state index >= 15 is 0 Å². The molecule has 2 nitrogen and oxygen atoms in total. The highest BCUT2D eigenvalue weighted by atomic mass is 32.1. The van der Waals surface area contributed by atoms with E-state index in [1.54, 1.807) is 0 Å². The molecule has 0 amide bonds. The van der Waals surface area contributed by atoms with E-state index in [2.05, 4.69) is 483 Å². The van der Waals surface area contributed by atoms with Crippen LogP contribution in [-0.4, -0.2) is 0 Å². The SMILES string of the molecule is c1ccc(C2(c3ccc(N(c4ccc(-c5ccc6ccccc6c5)cc4)c4ccc(-c5cccc6c5sc5ccccc56)cc4)cc3)c3ccccc3-c3ccccc32)cc1.c1ccc(C2(c3ccc(N(c4ccc(-c5cccc6ccccc56)cc4)c4ccc(-c5cccc6c5sc5ccccc56)cc4)cc3)c3ccccc3-c3ccccc32)cc1. The van der Waals surface area contributed by atoms with Crippen molar-refractivity contribution in [2.45, 2.75) is 10.8 Å². The highest BCUT2D eigenvalue weighted by molar-refractivity contribution is 7.26. The van der Waals surface area contributed by atoms with E-state index in [0.717, 1.165) is 34.1 Å². The van der Waals surface area contributed by atoms with Crippen molar-refractivity contribution in [3.05, 3.63) is 518 Å². The van der Waals surface area contributed by atoms with Crippen LogP contribution in [0.15, 0.2) is 473 Å². The second-order valence-corrected chi connectivity index (χ2v) is 34.1. The molecule has 24 rings (SSSR count). The largest absolute Gasteiger partial charge is 0.311 e. The van der Waals surface area contributed by atoms with Crippen molar-refractivity contribution in [1.29, 1.82) is 0 Å². The maximum Gasteiger partial charge on any atom is 0.0713 e. The first-order chi connectivity index (χ1) is 60.5. The molecule has 0 fully saturated rings. The predicted molar refractivity (Wildman–Crippen MR) is 519 cm³/mol. The molecule has 2 aliphatic carbocycles. The molecule has 0 unspecified atom stereocenters. The van der Waals surface area contributed by atoms with Gasteiger partial charge in [0.25, 0.3) is 0 Å². The van der Waals surface area contributed by atoms with Crippen LogP contribution in [-0.2, 0) is 10.8 Å². The monoisotopic (exact) mass is 1590 g/mol. The average molecular weight is 1590 g/mol. The van der Waals surface area contributed by atoms with Crippen LogP contribution in [0.1, 0.15) is 44.5 Å². The molecule has 0 radical (unpaired) electrons. The number of rotatable bonds is 14. The molecule has 0 spiro atoms. The van der Waals surface area contributed by atoms with Gasteiger partial charge in [0.15, 0.2) is 0 Å². The van der Waals surface area contributed by atoms with Crippen LogP contribution in [0.3, 0.4) is 0 Å². The van der Waals surface area contributed by atoms with E-state index in [1.807, 2.05) is 22.7 Å². The van der Waals surface area contributed by atoms with E-state index < -0.39 is 10.8 Å². The number of benzene rings is 20. The number of thiophene rings is 2. The summed E-state index contributed by atoms with van der Waals surface area (Å²) in [5, 5.41) is 10.3. The van der Waals surface area contributed by atoms with Crippen LogP contribution in [0.4, 0.5) is 34.1 Å². The summed E-state index contributed by atoms with van der Waals surface area (Å²) in [5.41, 5.74) is 31.0. The van der Waals surface area contributed by atoms with Crippen molar-refractivity contribution in [3.8, 4) is 66.8 Å². The zero-order chi connectivity index (χ0) is 80.7. The number of fused-ring (bicyclic) bond motifs is 14. The molecule has 2 aromatic heterocycles. The lowest BCUT2D eigenvalue weighted by Gasteiger charge is -2.34. The average Bonchev–Trinajstić information content (AvgIpc) is 1.54. The van der Waals surface area contributed by atoms with Gasteiger partial charge < -0.3 is 9.80 Å². The van der Waals surface area contributed by atoms with E-state index in [1.165, 1.54) is 173 Å². The van der Waals surface area contributed by atoms with Crippen LogP contribution in [0.5, 0.6) is 0 Å². The van der Waals surface area contributed by atoms with Gasteiger partial charge in [-0.3, -0.25) is 0 Å². The third kappa shape index (κ3) is 12.0. The van der Waals surface area contributed by atoms with E-state index in [0.29, 0.717) is 0 Å². The molecule has 20 aromatic carbocycles. The fourth-order valence-corrected chi connectivity index (χ4v) is 22.5. The normalized spacial score (nSPS) is 12.7. The summed E-state index contributed by atoms with van der Waals surface area (Å²) >= 11 is 3.76. The number of anilines is 6. The molecule has 122 heavy (non-hydrogen) atoms. The van der Waals surface area contributed by atoms with Crippen LogP contribution >= 0.6 is 22.7 Å². The van der Waals surface area contributed by atoms with Crippen LogP contribution in [0.2, 0.25) is 0 Å². The molecule has 22 aromatic rings. The van der Waals surface area contributed by atoms with Crippen molar-refractivity contribution >= 4 is 119 Å². The topological polar surface area (TPSA) is 6.48 Å². The Morgan fingerprint density at radius 1 is 0.164 bits per heavy atom. The predicted octanol–water partition coefficient (Wildman–Crippen LogP) is 32.7. The zero-order valence-corrected chi connectivity index (χ0v) is 68.4. The Balaban J connectivity index is 0.000000142. The van der Waals surface area contributed by atoms with Crippen LogP contribution < -0.4 is 9.80 Å². The summed E-state index contributed by atoms with van der Waals surface area (Å²) in [5.74, 6) is 0. The van der Waals surface area contributed by atoms with Gasteiger partial charge in [-0.25, -0.2) is 0 Å². The van der Waals surface area contributed by atoms with E-state index in [-0.39, 0.29) is 0 Å². The Kier molecular flexibility index (Phi) is 17.8. The molecule has 4 heteroatoms. The quantitative estimate of drug-likeness (QED) is 0.107. The van der Waals surface area contributed by atoms with Crippen molar-refractivity contribution in [3.63, 3.8) is 0 Å². The summed E-state index contributed by atoms with van der Waals surface area (Å²) in [6.07, 6.45) is 0. The first kappa shape index (κ1) is 72.2. The maximum absolute atomic E-state index is 2.40. The molecular weight excluding hydrogens is 1510 g/mol. The third-order valence-electron chi connectivity index (χ3n) is 25.6. The van der Waals surface area contributed by atoms with Crippen molar-refractivity contribution in [2.75, 3.05) is 9.80 Å². The minimum Gasteiger partial charge on any atom is -0.311 e. The lowest BCUT2D eigenvalue weighted by molar-refractivity contribution is 0.768. The van der Waals surface area contributed by atoms with Gasteiger partial charge in [-0.1, -0.05) is 382 Å². The van der Waals surface area contributed by atoms with Crippen molar-refractivity contribution < 1.29 is 0 Å². The lowest BCUT2D eigenvalue weighted by atomic mass is 9.68. The molecule has 0 saturated heterocycles. The molecule has 2 aliphatic rings. The molecule has 0 atom stereocenters. The standard InChI is InChI=1S/2C59H39NS/c1-2-16-43(17-3-1)59(55-25-9-6-19-51(55)52-20-7-10-26-56(52)59)44-32-38-47(39-33-44)60(45-34-28-41(29-35-45)49-22-12-15-40-14-4-5-18-48(40)49)46-36-30-42(31-37-46)50-23-13-24-54-53-21-8-11-27-57(53)61-58(50)54;1-2-15-45(16-3-1)59(55-22-9-6-17-51(55)52-18-7-10-23-56(52)59)46-31-37-49(38-32-46)60(47-33-27-41(28-34-47)44-26-25-40-13-4-5-14-43(40)39-44)48-35-29-42(30-36-48)50-20-12-21-54-53-19-8-11-24-57(53)61-58(50)54/h2*1-39H. The summed E-state index contributed by atoms with van der Waals surface area (Å²) in [7, 11) is 0. The first-order valence-corrected chi connectivity index (χ1v) is 43.6. The van der Waals surface area contributed by atoms with Gasteiger partial charge >= 0.3 is 0 Å². The molecule has 572 valence electrons.